The highest BCUT2D eigenvalue weighted by atomic mass is 16.5. The molecule has 1 aliphatic carbocycles. The fourth-order valence-corrected chi connectivity index (χ4v) is 5.04. The summed E-state index contributed by atoms with van der Waals surface area (Å²) in [6.45, 7) is 4.18. The highest BCUT2D eigenvalue weighted by Crippen LogP contribution is 2.39. The Morgan fingerprint density at radius 2 is 2.10 bits per heavy atom. The van der Waals surface area contributed by atoms with E-state index >= 15 is 0 Å². The van der Waals surface area contributed by atoms with Gasteiger partial charge >= 0.3 is 0 Å². The van der Waals surface area contributed by atoms with Gasteiger partial charge in [-0.3, -0.25) is 4.79 Å². The zero-order chi connectivity index (χ0) is 21.4. The van der Waals surface area contributed by atoms with Crippen molar-refractivity contribution in [1.82, 2.24) is 10.3 Å². The number of nitrogens with zero attached hydrogens (tertiary/aromatic N) is 2. The number of benzene rings is 1. The van der Waals surface area contributed by atoms with Crippen molar-refractivity contribution in [3.05, 3.63) is 54.4 Å². The molecule has 4 atom stereocenters. The maximum Gasteiger partial charge on any atom is 0.251 e. The van der Waals surface area contributed by atoms with Gasteiger partial charge in [0.1, 0.15) is 17.2 Å². The zero-order valence-electron chi connectivity index (χ0n) is 17.5. The van der Waals surface area contributed by atoms with Gasteiger partial charge in [0.15, 0.2) is 0 Å². The highest BCUT2D eigenvalue weighted by molar-refractivity contribution is 5.94. The van der Waals surface area contributed by atoms with E-state index in [1.165, 1.54) is 0 Å². The Hall–Kier alpha value is -3.06. The van der Waals surface area contributed by atoms with E-state index in [0.717, 1.165) is 36.3 Å². The van der Waals surface area contributed by atoms with Gasteiger partial charge in [0.25, 0.3) is 5.91 Å². The first-order valence-corrected chi connectivity index (χ1v) is 10.9. The fraction of sp³-hybridized carbons (Fsp3) is 0.417. The van der Waals surface area contributed by atoms with Gasteiger partial charge in [-0.25, -0.2) is 4.98 Å². The van der Waals surface area contributed by atoms with E-state index in [4.69, 9.17) is 9.15 Å². The molecule has 7 nitrogen and oxygen atoms in total. The van der Waals surface area contributed by atoms with Gasteiger partial charge in [0, 0.05) is 24.8 Å². The summed E-state index contributed by atoms with van der Waals surface area (Å²) >= 11 is 0. The normalized spacial score (nSPS) is 25.4. The van der Waals surface area contributed by atoms with Gasteiger partial charge < -0.3 is 24.5 Å². The molecule has 7 heteroatoms. The predicted molar refractivity (Wildman–Crippen MR) is 117 cm³/mol. The van der Waals surface area contributed by atoms with Crippen LogP contribution in [0.2, 0.25) is 0 Å². The number of fused-ring (bicyclic) bond motifs is 2. The Morgan fingerprint density at radius 1 is 1.26 bits per heavy atom. The van der Waals surface area contributed by atoms with Crippen molar-refractivity contribution in [1.29, 1.82) is 0 Å². The lowest BCUT2D eigenvalue weighted by Crippen LogP contribution is -2.49. The van der Waals surface area contributed by atoms with E-state index in [0.29, 0.717) is 36.2 Å². The van der Waals surface area contributed by atoms with Crippen LogP contribution in [0.4, 0.5) is 5.82 Å². The number of anilines is 1. The summed E-state index contributed by atoms with van der Waals surface area (Å²) < 4.78 is 11.0. The molecule has 162 valence electrons. The molecule has 3 heterocycles. The largest absolute Gasteiger partial charge is 0.494 e. The van der Waals surface area contributed by atoms with E-state index < -0.39 is 6.10 Å². The molecule has 0 radical (unpaired) electrons. The summed E-state index contributed by atoms with van der Waals surface area (Å²) in [5.41, 5.74) is 1.38. The molecule has 1 amide bonds. The second-order valence-corrected chi connectivity index (χ2v) is 8.47. The molecular formula is C24H27N3O4. The molecule has 0 bridgehead atoms. The number of nitrogens with one attached hydrogen (secondary N) is 1. The van der Waals surface area contributed by atoms with Crippen LogP contribution in [-0.2, 0) is 0 Å². The topological polar surface area (TPSA) is 87.8 Å². The average Bonchev–Trinajstić information content (AvgIpc) is 3.41. The molecule has 1 saturated heterocycles. The van der Waals surface area contributed by atoms with Gasteiger partial charge in [0.2, 0.25) is 0 Å². The van der Waals surface area contributed by atoms with Crippen molar-refractivity contribution in [2.75, 3.05) is 24.6 Å². The summed E-state index contributed by atoms with van der Waals surface area (Å²) in [5, 5.41) is 14.8. The number of aromatic nitrogens is 1. The van der Waals surface area contributed by atoms with Crippen LogP contribution in [-0.4, -0.2) is 47.8 Å². The van der Waals surface area contributed by atoms with Crippen molar-refractivity contribution in [2.45, 2.75) is 31.9 Å². The van der Waals surface area contributed by atoms with Crippen LogP contribution in [0.5, 0.6) is 5.75 Å². The standard InChI is InChI=1S/C24H27N3O4/c1-2-30-18-5-3-4-15(10-18)24(29)26-20-11-16-13-27(14-17(16)12-21(20)28)23-19-7-9-31-22(19)6-8-25-23/h3-10,16-17,20-21,28H,2,11-14H2,1H3,(H,26,29)/t16-,17+,20-,21-/m0/s1. The monoisotopic (exact) mass is 421 g/mol. The number of amides is 1. The number of furan rings is 1. The van der Waals surface area contributed by atoms with E-state index in [-0.39, 0.29) is 11.9 Å². The summed E-state index contributed by atoms with van der Waals surface area (Å²) in [6.07, 6.45) is 4.33. The van der Waals surface area contributed by atoms with Crippen molar-refractivity contribution >= 4 is 22.7 Å². The number of pyridine rings is 1. The summed E-state index contributed by atoms with van der Waals surface area (Å²) in [7, 11) is 0. The summed E-state index contributed by atoms with van der Waals surface area (Å²) in [4.78, 5) is 19.7. The first-order valence-electron chi connectivity index (χ1n) is 10.9. The molecule has 2 fully saturated rings. The third-order valence-corrected chi connectivity index (χ3v) is 6.52. The maximum absolute atomic E-state index is 12.8. The fourth-order valence-electron chi connectivity index (χ4n) is 5.04. The zero-order valence-corrected chi connectivity index (χ0v) is 17.5. The van der Waals surface area contributed by atoms with E-state index in [1.54, 1.807) is 24.6 Å². The van der Waals surface area contributed by atoms with Gasteiger partial charge in [-0.15, -0.1) is 0 Å². The number of carbonyl (C=O) groups excluding carboxylic acids is 1. The second kappa shape index (κ2) is 8.23. The molecule has 1 aromatic carbocycles. The predicted octanol–water partition coefficient (Wildman–Crippen LogP) is 3.23. The van der Waals surface area contributed by atoms with Crippen LogP contribution in [0.25, 0.3) is 11.0 Å². The molecule has 3 aromatic rings. The van der Waals surface area contributed by atoms with Crippen LogP contribution in [0, 0.1) is 11.8 Å². The van der Waals surface area contributed by atoms with E-state index in [1.807, 2.05) is 31.2 Å². The van der Waals surface area contributed by atoms with Crippen LogP contribution in [0.1, 0.15) is 30.1 Å². The van der Waals surface area contributed by atoms with Crippen molar-refractivity contribution < 1.29 is 19.1 Å². The van der Waals surface area contributed by atoms with Crippen LogP contribution in [0.3, 0.4) is 0 Å². The number of rotatable bonds is 5. The van der Waals surface area contributed by atoms with Gasteiger partial charge in [-0.1, -0.05) is 6.07 Å². The third-order valence-electron chi connectivity index (χ3n) is 6.52. The molecule has 2 aromatic heterocycles. The highest BCUT2D eigenvalue weighted by Gasteiger charge is 2.42. The van der Waals surface area contributed by atoms with Gasteiger partial charge in [-0.05, 0) is 61.9 Å². The number of aliphatic hydroxyl groups excluding tert-OH is 1. The first-order chi connectivity index (χ1) is 15.1. The lowest BCUT2D eigenvalue weighted by molar-refractivity contribution is 0.0462. The van der Waals surface area contributed by atoms with E-state index in [9.17, 15) is 9.90 Å². The summed E-state index contributed by atoms with van der Waals surface area (Å²) in [6, 6.07) is 10.7. The molecule has 2 aliphatic rings. The number of ether oxygens (including phenoxy) is 1. The third kappa shape index (κ3) is 3.85. The minimum absolute atomic E-state index is 0.177. The van der Waals surface area contributed by atoms with Crippen molar-refractivity contribution in [2.24, 2.45) is 11.8 Å². The van der Waals surface area contributed by atoms with Crippen molar-refractivity contribution in [3.8, 4) is 5.75 Å². The Kier molecular flexibility index (Phi) is 5.28. The number of carbonyl (C=O) groups is 1. The number of hydrogen-bond donors (Lipinski definition) is 2. The molecule has 2 N–H and O–H groups in total. The molecule has 0 unspecified atom stereocenters. The molecule has 31 heavy (non-hydrogen) atoms. The van der Waals surface area contributed by atoms with Crippen molar-refractivity contribution in [3.63, 3.8) is 0 Å². The lowest BCUT2D eigenvalue weighted by atomic mass is 9.77. The average molecular weight is 421 g/mol. The minimum atomic E-state index is -0.557. The Morgan fingerprint density at radius 3 is 2.94 bits per heavy atom. The maximum atomic E-state index is 12.8. The molecule has 0 spiro atoms. The summed E-state index contributed by atoms with van der Waals surface area (Å²) in [5.74, 6) is 2.21. The Bertz CT molecular complexity index is 1080. The number of hydrogen-bond acceptors (Lipinski definition) is 6. The molecular weight excluding hydrogens is 394 g/mol. The Labute approximate surface area is 181 Å². The van der Waals surface area contributed by atoms with Crippen LogP contribution in [0.15, 0.2) is 53.3 Å². The smallest absolute Gasteiger partial charge is 0.251 e. The Balaban J connectivity index is 1.27. The second-order valence-electron chi connectivity index (χ2n) is 8.47. The van der Waals surface area contributed by atoms with Crippen LogP contribution < -0.4 is 15.0 Å². The quantitative estimate of drug-likeness (QED) is 0.658. The molecule has 1 saturated carbocycles. The van der Waals surface area contributed by atoms with Gasteiger partial charge in [0.05, 0.1) is 30.4 Å². The molecule has 1 aliphatic heterocycles. The SMILES string of the molecule is CCOc1cccc(C(=O)N[C@H]2C[C@H]3CN(c4nccc5occc45)C[C@H]3C[C@@H]2O)c1. The lowest BCUT2D eigenvalue weighted by Gasteiger charge is -2.35. The minimum Gasteiger partial charge on any atom is -0.494 e. The first kappa shape index (κ1) is 19.9. The van der Waals surface area contributed by atoms with Gasteiger partial charge in [-0.2, -0.15) is 0 Å². The van der Waals surface area contributed by atoms with E-state index in [2.05, 4.69) is 15.2 Å². The number of aliphatic hydroxyl groups is 1. The molecule has 5 rings (SSSR count). The van der Waals surface area contributed by atoms with Crippen LogP contribution >= 0.6 is 0 Å².